The zero-order chi connectivity index (χ0) is 8.43. The molecule has 5 heteroatoms. The van der Waals surface area contributed by atoms with Gasteiger partial charge in [0.25, 0.3) is 0 Å². The van der Waals surface area contributed by atoms with Crippen LogP contribution in [0.4, 0.5) is 4.79 Å². The van der Waals surface area contributed by atoms with Crippen LogP contribution in [0.2, 0.25) is 0 Å². The summed E-state index contributed by atoms with van der Waals surface area (Å²) in [4.78, 5) is 11.6. The Hall–Kier alpha value is -0.810. The molecule has 1 aliphatic heterocycles. The third kappa shape index (κ3) is 1.81. The standard InChI is InChI=1S/C6H12N2O3/c7-4-3-8(6(10)11)2-1-5(4)9/h4-5,9H,1-3,7H2,(H,10,11)/t4-,5?/m1/s1. The van der Waals surface area contributed by atoms with Crippen LogP contribution < -0.4 is 5.73 Å². The van der Waals surface area contributed by atoms with Gasteiger partial charge in [-0.05, 0) is 6.42 Å². The highest BCUT2D eigenvalue weighted by Crippen LogP contribution is 2.08. The van der Waals surface area contributed by atoms with Gasteiger partial charge in [0.15, 0.2) is 0 Å². The van der Waals surface area contributed by atoms with Crippen molar-refractivity contribution in [2.24, 2.45) is 5.73 Å². The van der Waals surface area contributed by atoms with Crippen molar-refractivity contribution in [1.82, 2.24) is 4.90 Å². The number of piperidine rings is 1. The summed E-state index contributed by atoms with van der Waals surface area (Å²) < 4.78 is 0. The summed E-state index contributed by atoms with van der Waals surface area (Å²) in [6.07, 6.45) is -1.08. The Morgan fingerprint density at radius 3 is 2.73 bits per heavy atom. The molecule has 0 spiro atoms. The topological polar surface area (TPSA) is 86.8 Å². The number of hydrogen-bond donors (Lipinski definition) is 3. The number of likely N-dealkylation sites (tertiary alicyclic amines) is 1. The van der Waals surface area contributed by atoms with Gasteiger partial charge in [-0.1, -0.05) is 0 Å². The van der Waals surface area contributed by atoms with Crippen LogP contribution >= 0.6 is 0 Å². The maximum Gasteiger partial charge on any atom is 0.407 e. The van der Waals surface area contributed by atoms with E-state index in [1.54, 1.807) is 0 Å². The SMILES string of the molecule is N[C@@H]1CN(C(=O)O)CCC1O. The zero-order valence-electron chi connectivity index (χ0n) is 6.10. The highest BCUT2D eigenvalue weighted by Gasteiger charge is 2.26. The molecule has 1 rings (SSSR count). The van der Waals surface area contributed by atoms with Crippen molar-refractivity contribution in [2.75, 3.05) is 13.1 Å². The number of nitrogens with zero attached hydrogens (tertiary/aromatic N) is 1. The molecular weight excluding hydrogens is 148 g/mol. The lowest BCUT2D eigenvalue weighted by Gasteiger charge is -2.32. The first-order chi connectivity index (χ1) is 5.11. The first-order valence-corrected chi connectivity index (χ1v) is 3.53. The second-order valence-corrected chi connectivity index (χ2v) is 2.75. The highest BCUT2D eigenvalue weighted by atomic mass is 16.4. The minimum atomic E-state index is -0.965. The van der Waals surface area contributed by atoms with E-state index in [0.717, 1.165) is 0 Å². The van der Waals surface area contributed by atoms with Crippen LogP contribution in [0.5, 0.6) is 0 Å². The van der Waals surface area contributed by atoms with Crippen molar-refractivity contribution < 1.29 is 15.0 Å². The summed E-state index contributed by atoms with van der Waals surface area (Å²) in [6, 6.07) is -0.431. The maximum atomic E-state index is 10.4. The smallest absolute Gasteiger partial charge is 0.407 e. The zero-order valence-corrected chi connectivity index (χ0v) is 6.10. The highest BCUT2D eigenvalue weighted by molar-refractivity contribution is 5.65. The number of nitrogens with two attached hydrogens (primary N) is 1. The summed E-state index contributed by atoms with van der Waals surface area (Å²) in [5.74, 6) is 0. The predicted octanol–water partition coefficient (Wildman–Crippen LogP) is -0.942. The lowest BCUT2D eigenvalue weighted by Crippen LogP contribution is -2.52. The summed E-state index contributed by atoms with van der Waals surface area (Å²) in [6.45, 7) is 0.612. The normalized spacial score (nSPS) is 32.0. The van der Waals surface area contributed by atoms with E-state index in [-0.39, 0.29) is 6.54 Å². The average molecular weight is 160 g/mol. The van der Waals surface area contributed by atoms with E-state index in [9.17, 15) is 4.79 Å². The second kappa shape index (κ2) is 3.06. The van der Waals surface area contributed by atoms with Gasteiger partial charge in [0, 0.05) is 19.1 Å². The monoisotopic (exact) mass is 160 g/mol. The number of amides is 1. The maximum absolute atomic E-state index is 10.4. The second-order valence-electron chi connectivity index (χ2n) is 2.75. The van der Waals surface area contributed by atoms with Gasteiger partial charge in [-0.15, -0.1) is 0 Å². The lowest BCUT2D eigenvalue weighted by molar-refractivity contribution is 0.0607. The van der Waals surface area contributed by atoms with Gasteiger partial charge in [0.1, 0.15) is 0 Å². The molecule has 0 saturated carbocycles. The molecule has 1 fully saturated rings. The molecule has 0 aromatic heterocycles. The van der Waals surface area contributed by atoms with Crippen LogP contribution in [0.25, 0.3) is 0 Å². The van der Waals surface area contributed by atoms with Crippen LogP contribution in [0, 0.1) is 0 Å². The molecule has 0 radical (unpaired) electrons. The minimum Gasteiger partial charge on any atom is -0.465 e. The predicted molar refractivity (Wildman–Crippen MR) is 38.2 cm³/mol. The van der Waals surface area contributed by atoms with Crippen LogP contribution in [0.15, 0.2) is 0 Å². The van der Waals surface area contributed by atoms with E-state index >= 15 is 0 Å². The van der Waals surface area contributed by atoms with Crippen LogP contribution in [0.3, 0.4) is 0 Å². The van der Waals surface area contributed by atoms with Gasteiger partial charge in [-0.2, -0.15) is 0 Å². The Kier molecular flexibility index (Phi) is 2.31. The molecule has 11 heavy (non-hydrogen) atoms. The molecule has 0 aliphatic carbocycles. The van der Waals surface area contributed by atoms with Crippen molar-refractivity contribution in [1.29, 1.82) is 0 Å². The molecule has 2 atom stereocenters. The number of rotatable bonds is 0. The fourth-order valence-corrected chi connectivity index (χ4v) is 1.14. The largest absolute Gasteiger partial charge is 0.465 e. The van der Waals surface area contributed by atoms with Crippen LogP contribution in [-0.2, 0) is 0 Å². The Balaban J connectivity index is 2.46. The molecule has 0 aromatic rings. The first kappa shape index (κ1) is 8.29. The lowest BCUT2D eigenvalue weighted by atomic mass is 10.0. The van der Waals surface area contributed by atoms with Crippen LogP contribution in [0.1, 0.15) is 6.42 Å². The van der Waals surface area contributed by atoms with E-state index in [2.05, 4.69) is 0 Å². The summed E-state index contributed by atoms with van der Waals surface area (Å²) in [7, 11) is 0. The molecule has 1 saturated heterocycles. The third-order valence-electron chi connectivity index (χ3n) is 1.89. The molecule has 5 nitrogen and oxygen atoms in total. The fraction of sp³-hybridized carbons (Fsp3) is 0.833. The molecule has 1 aliphatic rings. The number of hydrogen-bond acceptors (Lipinski definition) is 3. The van der Waals surface area contributed by atoms with Crippen molar-refractivity contribution in [3.63, 3.8) is 0 Å². The van der Waals surface area contributed by atoms with Crippen LogP contribution in [-0.4, -0.2) is 46.4 Å². The quantitative estimate of drug-likeness (QED) is 0.426. The molecule has 1 amide bonds. The van der Waals surface area contributed by atoms with Gasteiger partial charge in [-0.3, -0.25) is 0 Å². The molecule has 1 heterocycles. The number of aliphatic hydroxyl groups excluding tert-OH is 1. The van der Waals surface area contributed by atoms with Gasteiger partial charge < -0.3 is 20.8 Å². The van der Waals surface area contributed by atoms with Gasteiger partial charge in [-0.25, -0.2) is 4.79 Å². The third-order valence-corrected chi connectivity index (χ3v) is 1.89. The van der Waals surface area contributed by atoms with E-state index in [1.807, 2.05) is 0 Å². The Bertz CT molecular complexity index is 162. The van der Waals surface area contributed by atoms with E-state index in [1.165, 1.54) is 4.90 Å². The average Bonchev–Trinajstić information content (AvgIpc) is 1.94. The summed E-state index contributed by atoms with van der Waals surface area (Å²) in [5.41, 5.74) is 5.45. The van der Waals surface area contributed by atoms with Gasteiger partial charge >= 0.3 is 6.09 Å². The Labute approximate surface area is 64.4 Å². The number of carboxylic acid groups (broad SMARTS) is 1. The summed E-state index contributed by atoms with van der Waals surface area (Å²) in [5, 5.41) is 17.7. The first-order valence-electron chi connectivity index (χ1n) is 3.53. The fourth-order valence-electron chi connectivity index (χ4n) is 1.14. The Morgan fingerprint density at radius 1 is 1.64 bits per heavy atom. The van der Waals surface area contributed by atoms with Gasteiger partial charge in [0.05, 0.1) is 6.10 Å². The number of carbonyl (C=O) groups is 1. The molecule has 0 bridgehead atoms. The molecule has 64 valence electrons. The van der Waals surface area contributed by atoms with Gasteiger partial charge in [0.2, 0.25) is 0 Å². The molecule has 1 unspecified atom stereocenters. The molecule has 4 N–H and O–H groups in total. The summed E-state index contributed by atoms with van der Waals surface area (Å²) >= 11 is 0. The molecule has 0 aromatic carbocycles. The van der Waals surface area contributed by atoms with Crippen molar-refractivity contribution in [3.05, 3.63) is 0 Å². The van der Waals surface area contributed by atoms with E-state index in [0.29, 0.717) is 13.0 Å². The minimum absolute atomic E-state index is 0.233. The van der Waals surface area contributed by atoms with Crippen molar-refractivity contribution in [2.45, 2.75) is 18.6 Å². The number of aliphatic hydroxyl groups is 1. The van der Waals surface area contributed by atoms with E-state index < -0.39 is 18.2 Å². The van der Waals surface area contributed by atoms with Crippen molar-refractivity contribution in [3.8, 4) is 0 Å². The van der Waals surface area contributed by atoms with Crippen molar-refractivity contribution >= 4 is 6.09 Å². The molecular formula is C6H12N2O3. The van der Waals surface area contributed by atoms with E-state index in [4.69, 9.17) is 15.9 Å². The Morgan fingerprint density at radius 2 is 2.27 bits per heavy atom.